The molecule has 2 aromatic rings. The van der Waals surface area contributed by atoms with Crippen LogP contribution in [0.5, 0.6) is 0 Å². The zero-order valence-electron chi connectivity index (χ0n) is 10.8. The fraction of sp³-hybridized carbons (Fsp3) is 0.308. The van der Waals surface area contributed by atoms with Gasteiger partial charge in [0.25, 0.3) is 0 Å². The lowest BCUT2D eigenvalue weighted by atomic mass is 10.3. The van der Waals surface area contributed by atoms with E-state index in [1.165, 1.54) is 11.3 Å². The number of rotatable bonds is 6. The topological polar surface area (TPSA) is 65.5 Å². The van der Waals surface area contributed by atoms with E-state index in [1.54, 1.807) is 6.92 Å². The molecule has 7 heteroatoms. The Labute approximate surface area is 124 Å². The Morgan fingerprint density at radius 2 is 2.00 bits per heavy atom. The molecule has 0 amide bonds. The summed E-state index contributed by atoms with van der Waals surface area (Å²) in [5.74, 6) is -0.850. The van der Waals surface area contributed by atoms with Crippen LogP contribution in [0.1, 0.15) is 19.8 Å². The van der Waals surface area contributed by atoms with Gasteiger partial charge in [-0.25, -0.2) is 4.98 Å². The molecule has 0 aliphatic heterocycles. The molecule has 106 valence electrons. The van der Waals surface area contributed by atoms with Gasteiger partial charge in [0, 0.05) is 0 Å². The van der Waals surface area contributed by atoms with Crippen LogP contribution in [-0.4, -0.2) is 23.5 Å². The predicted octanol–water partition coefficient (Wildman–Crippen LogP) is 3.19. The summed E-state index contributed by atoms with van der Waals surface area (Å²) in [6.45, 7) is 2.04. The molecule has 0 N–H and O–H groups in total. The molecule has 2 rings (SSSR count). The van der Waals surface area contributed by atoms with Crippen LogP contribution in [0.25, 0.3) is 10.2 Å². The molecule has 0 atom stereocenters. The number of para-hydroxylation sites is 1. The molecule has 0 saturated carbocycles. The van der Waals surface area contributed by atoms with Crippen LogP contribution in [0.4, 0.5) is 0 Å². The molecule has 1 aromatic heterocycles. The first-order valence-electron chi connectivity index (χ1n) is 6.07. The summed E-state index contributed by atoms with van der Waals surface area (Å²) in [7, 11) is 0. The lowest BCUT2D eigenvalue weighted by Gasteiger charge is -2.01. The SMILES string of the molecule is CCOC(=O)CCC(=O)OSc1nc2ccccc2s1. The molecular weight excluding hydrogens is 298 g/mol. The predicted molar refractivity (Wildman–Crippen MR) is 77.4 cm³/mol. The van der Waals surface area contributed by atoms with Crippen LogP contribution in [0.15, 0.2) is 28.6 Å². The van der Waals surface area contributed by atoms with E-state index in [9.17, 15) is 9.59 Å². The molecule has 0 aliphatic rings. The molecule has 1 aromatic carbocycles. The van der Waals surface area contributed by atoms with Crippen molar-refractivity contribution in [1.29, 1.82) is 0 Å². The Kier molecular flexibility index (Phi) is 5.37. The third-order valence-corrected chi connectivity index (χ3v) is 4.11. The van der Waals surface area contributed by atoms with E-state index in [0.29, 0.717) is 10.9 Å². The monoisotopic (exact) mass is 311 g/mol. The Balaban J connectivity index is 1.79. The molecule has 0 spiro atoms. The van der Waals surface area contributed by atoms with Gasteiger partial charge < -0.3 is 8.92 Å². The minimum atomic E-state index is -0.456. The number of hydrogen-bond acceptors (Lipinski definition) is 7. The zero-order chi connectivity index (χ0) is 14.4. The van der Waals surface area contributed by atoms with Crippen molar-refractivity contribution >= 4 is 45.5 Å². The van der Waals surface area contributed by atoms with E-state index in [0.717, 1.165) is 22.3 Å². The normalized spacial score (nSPS) is 10.4. The van der Waals surface area contributed by atoms with Gasteiger partial charge >= 0.3 is 11.9 Å². The van der Waals surface area contributed by atoms with E-state index >= 15 is 0 Å². The Hall–Kier alpha value is -1.60. The molecule has 0 aliphatic carbocycles. The third kappa shape index (κ3) is 4.21. The van der Waals surface area contributed by atoms with Crippen molar-refractivity contribution in [2.45, 2.75) is 24.1 Å². The molecular formula is C13H13NO4S2. The number of aromatic nitrogens is 1. The highest BCUT2D eigenvalue weighted by Gasteiger charge is 2.11. The van der Waals surface area contributed by atoms with E-state index in [1.807, 2.05) is 24.3 Å². The second-order valence-corrected chi connectivity index (χ2v) is 5.80. The highest BCUT2D eigenvalue weighted by molar-refractivity contribution is 7.97. The number of thiazole rings is 1. The number of esters is 1. The molecule has 0 bridgehead atoms. The Bertz CT molecular complexity index is 578. The van der Waals surface area contributed by atoms with Crippen molar-refractivity contribution < 1.29 is 18.5 Å². The average molecular weight is 311 g/mol. The average Bonchev–Trinajstić information content (AvgIpc) is 2.86. The van der Waals surface area contributed by atoms with E-state index in [4.69, 9.17) is 8.92 Å². The highest BCUT2D eigenvalue weighted by atomic mass is 32.2. The molecule has 5 nitrogen and oxygen atoms in total. The summed E-state index contributed by atoms with van der Waals surface area (Å²) >= 11 is 2.38. The van der Waals surface area contributed by atoms with Gasteiger partial charge in [-0.2, -0.15) is 0 Å². The summed E-state index contributed by atoms with van der Waals surface area (Å²) in [6.07, 6.45) is 0.0454. The Morgan fingerprint density at radius 1 is 1.25 bits per heavy atom. The summed E-state index contributed by atoms with van der Waals surface area (Å²) in [6, 6.07) is 7.69. The van der Waals surface area contributed by atoms with Gasteiger partial charge in [0.1, 0.15) is 12.0 Å². The van der Waals surface area contributed by atoms with Crippen LogP contribution in [0, 0.1) is 0 Å². The van der Waals surface area contributed by atoms with Crippen molar-refractivity contribution in [2.75, 3.05) is 6.61 Å². The second kappa shape index (κ2) is 7.25. The van der Waals surface area contributed by atoms with E-state index in [2.05, 4.69) is 4.98 Å². The molecule has 20 heavy (non-hydrogen) atoms. The van der Waals surface area contributed by atoms with Gasteiger partial charge in [-0.3, -0.25) is 9.59 Å². The summed E-state index contributed by atoms with van der Waals surface area (Å²) in [5, 5.41) is 0. The number of nitrogens with zero attached hydrogens (tertiary/aromatic N) is 1. The quantitative estimate of drug-likeness (QED) is 0.603. The lowest BCUT2D eigenvalue weighted by Crippen LogP contribution is -2.07. The summed E-state index contributed by atoms with van der Waals surface area (Å²) in [5.41, 5.74) is 0.877. The summed E-state index contributed by atoms with van der Waals surface area (Å²) < 4.78 is 11.4. The van der Waals surface area contributed by atoms with Crippen LogP contribution in [0.3, 0.4) is 0 Å². The van der Waals surface area contributed by atoms with E-state index < -0.39 is 11.9 Å². The lowest BCUT2D eigenvalue weighted by molar-refractivity contribution is -0.146. The first-order valence-corrected chi connectivity index (χ1v) is 7.63. The van der Waals surface area contributed by atoms with Crippen LogP contribution < -0.4 is 0 Å². The maximum atomic E-state index is 11.5. The number of ether oxygens (including phenoxy) is 1. The maximum Gasteiger partial charge on any atom is 0.318 e. The molecule has 0 unspecified atom stereocenters. The standard InChI is InChI=1S/C13H13NO4S2/c1-2-17-11(15)7-8-12(16)18-20-13-14-9-5-3-4-6-10(9)19-13/h3-6H,2,7-8H2,1H3. The fourth-order valence-corrected chi connectivity index (χ4v) is 3.04. The van der Waals surface area contributed by atoms with Crippen molar-refractivity contribution in [3.63, 3.8) is 0 Å². The second-order valence-electron chi connectivity index (χ2n) is 3.79. The number of fused-ring (bicyclic) bond motifs is 1. The van der Waals surface area contributed by atoms with Crippen LogP contribution >= 0.6 is 23.4 Å². The van der Waals surface area contributed by atoms with Crippen molar-refractivity contribution in [3.05, 3.63) is 24.3 Å². The van der Waals surface area contributed by atoms with Crippen LogP contribution in [0.2, 0.25) is 0 Å². The van der Waals surface area contributed by atoms with Crippen molar-refractivity contribution in [3.8, 4) is 0 Å². The molecule has 0 saturated heterocycles. The smallest absolute Gasteiger partial charge is 0.318 e. The van der Waals surface area contributed by atoms with Gasteiger partial charge in [-0.05, 0) is 19.1 Å². The van der Waals surface area contributed by atoms with Gasteiger partial charge in [-0.15, -0.1) is 11.3 Å². The number of carbonyl (C=O) groups excluding carboxylic acids is 2. The van der Waals surface area contributed by atoms with Crippen LogP contribution in [-0.2, 0) is 18.5 Å². The van der Waals surface area contributed by atoms with Crippen molar-refractivity contribution in [1.82, 2.24) is 4.98 Å². The highest BCUT2D eigenvalue weighted by Crippen LogP contribution is 2.30. The van der Waals surface area contributed by atoms with Gasteiger partial charge in [-0.1, -0.05) is 12.1 Å². The first kappa shape index (κ1) is 14.8. The fourth-order valence-electron chi connectivity index (χ4n) is 1.45. The molecule has 1 heterocycles. The number of carbonyl (C=O) groups is 2. The summed E-state index contributed by atoms with van der Waals surface area (Å²) in [4.78, 5) is 26.9. The first-order chi connectivity index (χ1) is 9.69. The zero-order valence-corrected chi connectivity index (χ0v) is 12.5. The van der Waals surface area contributed by atoms with Gasteiger partial charge in [0.05, 0.1) is 29.7 Å². The minimum Gasteiger partial charge on any atom is -0.466 e. The maximum absolute atomic E-state index is 11.5. The molecule has 0 radical (unpaired) electrons. The number of benzene rings is 1. The van der Waals surface area contributed by atoms with Crippen molar-refractivity contribution in [2.24, 2.45) is 0 Å². The van der Waals surface area contributed by atoms with Gasteiger partial charge in [0.15, 0.2) is 4.34 Å². The Morgan fingerprint density at radius 3 is 2.75 bits per heavy atom. The third-order valence-electron chi connectivity index (χ3n) is 2.32. The minimum absolute atomic E-state index is 0.0106. The molecule has 0 fully saturated rings. The van der Waals surface area contributed by atoms with Gasteiger partial charge in [0.2, 0.25) is 0 Å². The van der Waals surface area contributed by atoms with E-state index in [-0.39, 0.29) is 12.8 Å². The number of hydrogen-bond donors (Lipinski definition) is 0. The largest absolute Gasteiger partial charge is 0.466 e.